The van der Waals surface area contributed by atoms with E-state index in [9.17, 15) is 0 Å². The molecule has 0 saturated carbocycles. The Morgan fingerprint density at radius 3 is 2.47 bits per heavy atom. The summed E-state index contributed by atoms with van der Waals surface area (Å²) < 4.78 is 7.19. The molecule has 1 rings (SSSR count). The number of rotatable bonds is 5. The van der Waals surface area contributed by atoms with Crippen molar-refractivity contribution in [1.82, 2.24) is 5.32 Å². The van der Waals surface area contributed by atoms with Crippen molar-refractivity contribution in [2.45, 2.75) is 27.3 Å². The molecule has 86 valence electrons. The highest BCUT2D eigenvalue weighted by molar-refractivity contribution is 9.13. The van der Waals surface area contributed by atoms with Gasteiger partial charge in [-0.2, -0.15) is 0 Å². The zero-order valence-corrected chi connectivity index (χ0v) is 12.5. The van der Waals surface area contributed by atoms with Gasteiger partial charge in [0.25, 0.3) is 0 Å². The Bertz CT molecular complexity index is 290. The highest BCUT2D eigenvalue weighted by Crippen LogP contribution is 2.26. The van der Waals surface area contributed by atoms with Crippen molar-refractivity contribution < 1.29 is 4.42 Å². The smallest absolute Gasteiger partial charge is 0.183 e. The van der Waals surface area contributed by atoms with Crippen LogP contribution in [0.4, 0.5) is 0 Å². The van der Waals surface area contributed by atoms with E-state index in [4.69, 9.17) is 4.42 Å². The second-order valence-electron chi connectivity index (χ2n) is 4.19. The van der Waals surface area contributed by atoms with Crippen LogP contribution in [-0.4, -0.2) is 6.54 Å². The fourth-order valence-electron chi connectivity index (χ4n) is 1.14. The fourth-order valence-corrected chi connectivity index (χ4v) is 1.80. The van der Waals surface area contributed by atoms with Crippen molar-refractivity contribution in [3.8, 4) is 0 Å². The Kier molecular flexibility index (Phi) is 5.36. The van der Waals surface area contributed by atoms with Crippen molar-refractivity contribution >= 4 is 31.9 Å². The quantitative estimate of drug-likeness (QED) is 0.870. The largest absolute Gasteiger partial charge is 0.452 e. The lowest BCUT2D eigenvalue weighted by molar-refractivity contribution is 0.378. The zero-order valence-electron chi connectivity index (χ0n) is 9.31. The number of furan rings is 1. The van der Waals surface area contributed by atoms with Gasteiger partial charge >= 0.3 is 0 Å². The van der Waals surface area contributed by atoms with Gasteiger partial charge in [0, 0.05) is 0 Å². The van der Waals surface area contributed by atoms with Crippen LogP contribution >= 0.6 is 31.9 Å². The van der Waals surface area contributed by atoms with Gasteiger partial charge in [0.1, 0.15) is 5.76 Å². The number of halogens is 2. The first kappa shape index (κ1) is 13.3. The van der Waals surface area contributed by atoms with Crippen LogP contribution in [0.3, 0.4) is 0 Å². The van der Waals surface area contributed by atoms with E-state index in [0.717, 1.165) is 28.0 Å². The fraction of sp³-hybridized carbons (Fsp3) is 0.636. The molecule has 0 aromatic carbocycles. The molecule has 0 aliphatic carbocycles. The summed E-state index contributed by atoms with van der Waals surface area (Å²) in [7, 11) is 0. The molecule has 0 aliphatic rings. The third-order valence-electron chi connectivity index (χ3n) is 2.60. The molecule has 0 amide bonds. The summed E-state index contributed by atoms with van der Waals surface area (Å²) in [6.07, 6.45) is 0. The Balaban J connectivity index is 2.32. The molecule has 0 saturated heterocycles. The van der Waals surface area contributed by atoms with Gasteiger partial charge in [0.05, 0.1) is 11.0 Å². The molecule has 0 bridgehead atoms. The number of hydrogen-bond acceptors (Lipinski definition) is 2. The minimum Gasteiger partial charge on any atom is -0.452 e. The van der Waals surface area contributed by atoms with Gasteiger partial charge in [-0.25, -0.2) is 0 Å². The van der Waals surface area contributed by atoms with Crippen molar-refractivity contribution in [3.63, 3.8) is 0 Å². The van der Waals surface area contributed by atoms with Crippen molar-refractivity contribution in [3.05, 3.63) is 21.0 Å². The van der Waals surface area contributed by atoms with Crippen LogP contribution < -0.4 is 5.32 Å². The lowest BCUT2D eigenvalue weighted by Crippen LogP contribution is -2.23. The molecule has 4 heteroatoms. The second kappa shape index (κ2) is 6.06. The van der Waals surface area contributed by atoms with Crippen molar-refractivity contribution in [2.75, 3.05) is 6.54 Å². The summed E-state index contributed by atoms with van der Waals surface area (Å²) in [5.41, 5.74) is 0. The molecule has 1 unspecified atom stereocenters. The average Bonchev–Trinajstić information content (AvgIpc) is 2.46. The van der Waals surface area contributed by atoms with Gasteiger partial charge in [0.2, 0.25) is 0 Å². The first-order valence-electron chi connectivity index (χ1n) is 5.15. The first-order valence-corrected chi connectivity index (χ1v) is 6.73. The lowest BCUT2D eigenvalue weighted by atomic mass is 9.98. The molecule has 1 N–H and O–H groups in total. The molecule has 0 spiro atoms. The Hall–Kier alpha value is 0.200. The van der Waals surface area contributed by atoms with Crippen LogP contribution in [0, 0.1) is 11.8 Å². The molecule has 0 aliphatic heterocycles. The van der Waals surface area contributed by atoms with Crippen LogP contribution in [0.5, 0.6) is 0 Å². The molecular formula is C11H17Br2NO. The average molecular weight is 339 g/mol. The third-order valence-corrected chi connectivity index (χ3v) is 4.31. The predicted octanol–water partition coefficient (Wildman–Crippen LogP) is 4.19. The number of nitrogens with one attached hydrogen (secondary N) is 1. The van der Waals surface area contributed by atoms with Crippen LogP contribution in [-0.2, 0) is 6.54 Å². The lowest BCUT2D eigenvalue weighted by Gasteiger charge is -2.15. The maximum atomic E-state index is 5.46. The van der Waals surface area contributed by atoms with E-state index in [1.807, 2.05) is 6.07 Å². The van der Waals surface area contributed by atoms with Gasteiger partial charge < -0.3 is 9.73 Å². The van der Waals surface area contributed by atoms with E-state index in [1.54, 1.807) is 0 Å². The molecule has 0 radical (unpaired) electrons. The van der Waals surface area contributed by atoms with Crippen LogP contribution in [0.25, 0.3) is 0 Å². The molecular weight excluding hydrogens is 322 g/mol. The summed E-state index contributed by atoms with van der Waals surface area (Å²) in [4.78, 5) is 0. The van der Waals surface area contributed by atoms with Gasteiger partial charge in [-0.1, -0.05) is 20.8 Å². The van der Waals surface area contributed by atoms with Gasteiger partial charge in [0.15, 0.2) is 4.67 Å². The van der Waals surface area contributed by atoms with Crippen molar-refractivity contribution in [2.24, 2.45) is 11.8 Å². The third kappa shape index (κ3) is 4.29. The Morgan fingerprint density at radius 2 is 2.00 bits per heavy atom. The highest BCUT2D eigenvalue weighted by Gasteiger charge is 2.08. The van der Waals surface area contributed by atoms with Gasteiger partial charge in [-0.05, 0) is 56.3 Å². The van der Waals surface area contributed by atoms with E-state index in [1.165, 1.54) is 0 Å². The standard InChI is InChI=1S/C11H17Br2NO/c1-7(2)8(3)5-14-6-9-4-10(12)11(13)15-9/h4,7-8,14H,5-6H2,1-3H3. The van der Waals surface area contributed by atoms with Gasteiger partial charge in [-0.15, -0.1) is 0 Å². The first-order chi connectivity index (χ1) is 7.00. The summed E-state index contributed by atoms with van der Waals surface area (Å²) in [5, 5.41) is 3.39. The zero-order chi connectivity index (χ0) is 11.4. The SMILES string of the molecule is CC(C)C(C)CNCc1cc(Br)c(Br)o1. The molecule has 2 nitrogen and oxygen atoms in total. The van der Waals surface area contributed by atoms with E-state index < -0.39 is 0 Å². The maximum Gasteiger partial charge on any atom is 0.183 e. The summed E-state index contributed by atoms with van der Waals surface area (Å²) in [6.45, 7) is 8.54. The minimum absolute atomic E-state index is 0.687. The second-order valence-corrected chi connectivity index (χ2v) is 5.76. The van der Waals surface area contributed by atoms with E-state index in [2.05, 4.69) is 57.9 Å². The maximum absolute atomic E-state index is 5.46. The van der Waals surface area contributed by atoms with E-state index >= 15 is 0 Å². The number of hydrogen-bond donors (Lipinski definition) is 1. The topological polar surface area (TPSA) is 25.2 Å². The van der Waals surface area contributed by atoms with Crippen LogP contribution in [0.1, 0.15) is 26.5 Å². The normalized spacial score (nSPS) is 13.5. The van der Waals surface area contributed by atoms with Crippen molar-refractivity contribution in [1.29, 1.82) is 0 Å². The Morgan fingerprint density at radius 1 is 1.33 bits per heavy atom. The summed E-state index contributed by atoms with van der Waals surface area (Å²) in [5.74, 6) is 2.35. The van der Waals surface area contributed by atoms with E-state index in [-0.39, 0.29) is 0 Å². The predicted molar refractivity (Wildman–Crippen MR) is 69.8 cm³/mol. The molecule has 1 heterocycles. The van der Waals surface area contributed by atoms with Gasteiger partial charge in [-0.3, -0.25) is 0 Å². The monoisotopic (exact) mass is 337 g/mol. The molecule has 15 heavy (non-hydrogen) atoms. The minimum atomic E-state index is 0.687. The molecule has 1 aromatic heterocycles. The van der Waals surface area contributed by atoms with E-state index in [0.29, 0.717) is 11.8 Å². The van der Waals surface area contributed by atoms with Crippen LogP contribution in [0.2, 0.25) is 0 Å². The highest BCUT2D eigenvalue weighted by atomic mass is 79.9. The Labute approximate surface area is 108 Å². The summed E-state index contributed by atoms with van der Waals surface area (Å²) in [6, 6.07) is 1.98. The van der Waals surface area contributed by atoms with Crippen LogP contribution in [0.15, 0.2) is 19.6 Å². The molecule has 0 fully saturated rings. The summed E-state index contributed by atoms with van der Waals surface area (Å²) >= 11 is 6.71. The molecule has 1 atom stereocenters. The molecule has 1 aromatic rings.